The summed E-state index contributed by atoms with van der Waals surface area (Å²) in [6.45, 7) is 13.0. The third-order valence-electron chi connectivity index (χ3n) is 5.08. The summed E-state index contributed by atoms with van der Waals surface area (Å²) in [7, 11) is 1.60. The largest absolute Gasteiger partial charge is 0.493 e. The van der Waals surface area contributed by atoms with Crippen molar-refractivity contribution in [1.82, 2.24) is 14.9 Å². The van der Waals surface area contributed by atoms with Gasteiger partial charge in [-0.05, 0) is 30.7 Å². The van der Waals surface area contributed by atoms with Gasteiger partial charge >= 0.3 is 0 Å². The van der Waals surface area contributed by atoms with Gasteiger partial charge < -0.3 is 19.5 Å². The van der Waals surface area contributed by atoms with Crippen LogP contribution in [-0.4, -0.2) is 61.4 Å². The van der Waals surface area contributed by atoms with Gasteiger partial charge in [0.1, 0.15) is 18.0 Å². The number of benzene rings is 2. The van der Waals surface area contributed by atoms with Crippen LogP contribution in [0.3, 0.4) is 0 Å². The van der Waals surface area contributed by atoms with Crippen molar-refractivity contribution in [3.63, 3.8) is 0 Å². The molecule has 1 N–H and O–H groups in total. The predicted octanol–water partition coefficient (Wildman–Crippen LogP) is 6.33. The van der Waals surface area contributed by atoms with Crippen molar-refractivity contribution < 1.29 is 18.6 Å². The third-order valence-corrected chi connectivity index (χ3v) is 5.37. The van der Waals surface area contributed by atoms with Gasteiger partial charge in [-0.1, -0.05) is 39.3 Å². The minimum atomic E-state index is -0.475. The number of hydrogen-bond donors (Lipinski definition) is 1. The number of halogens is 2. The number of nitrogens with zero attached hydrogens (tertiary/aromatic N) is 3. The number of nitrogens with one attached hydrogen (secondary N) is 1. The van der Waals surface area contributed by atoms with Crippen LogP contribution in [0.5, 0.6) is 11.5 Å². The number of morpholine rings is 1. The van der Waals surface area contributed by atoms with Gasteiger partial charge in [-0.25, -0.2) is 14.4 Å². The molecule has 0 saturated carbocycles. The Morgan fingerprint density at radius 1 is 1.06 bits per heavy atom. The maximum absolute atomic E-state index is 13.5. The summed E-state index contributed by atoms with van der Waals surface area (Å²) in [6.07, 6.45) is 2.35. The fourth-order valence-corrected chi connectivity index (χ4v) is 3.62. The fraction of sp³-hybridized carbons (Fsp3) is 0.462. The van der Waals surface area contributed by atoms with Gasteiger partial charge in [-0.15, -0.1) is 0 Å². The lowest BCUT2D eigenvalue weighted by Crippen LogP contribution is -2.37. The van der Waals surface area contributed by atoms with E-state index in [-0.39, 0.29) is 5.02 Å². The SMILES string of the molecule is CC.CC.COc1cc2ncnc(Nc3ccc(F)c(Cl)c3)c2cc1OCCCN1CCOCC1. The minimum Gasteiger partial charge on any atom is -0.493 e. The molecule has 7 nitrogen and oxygen atoms in total. The first-order valence-electron chi connectivity index (χ1n) is 12.1. The van der Waals surface area contributed by atoms with Gasteiger partial charge in [0.25, 0.3) is 0 Å². The van der Waals surface area contributed by atoms with Crippen molar-refractivity contribution in [3.05, 3.63) is 47.5 Å². The van der Waals surface area contributed by atoms with Gasteiger partial charge in [-0.2, -0.15) is 0 Å². The van der Waals surface area contributed by atoms with Crippen molar-refractivity contribution in [2.24, 2.45) is 0 Å². The minimum absolute atomic E-state index is 0.0364. The molecule has 0 bridgehead atoms. The average Bonchev–Trinajstić information content (AvgIpc) is 2.91. The summed E-state index contributed by atoms with van der Waals surface area (Å²) >= 11 is 5.90. The molecule has 3 aromatic rings. The van der Waals surface area contributed by atoms with Crippen LogP contribution in [-0.2, 0) is 4.74 Å². The Balaban J connectivity index is 0.00000103. The Labute approximate surface area is 212 Å². The van der Waals surface area contributed by atoms with Crippen molar-refractivity contribution in [1.29, 1.82) is 0 Å². The van der Waals surface area contributed by atoms with E-state index < -0.39 is 5.82 Å². The molecule has 0 unspecified atom stereocenters. The standard InChI is InChI=1S/C22H24ClFN4O3.2C2H6/c1-29-20-13-19-16(12-21(20)31-8-2-5-28-6-9-30-10-7-28)22(26-14-25-19)27-15-3-4-18(24)17(23)11-15;2*1-2/h3-4,11-14H,2,5-10H2,1H3,(H,25,26,27);2*1-2H3. The molecule has 0 spiro atoms. The van der Waals surface area contributed by atoms with E-state index in [1.54, 1.807) is 13.2 Å². The smallest absolute Gasteiger partial charge is 0.162 e. The van der Waals surface area contributed by atoms with E-state index in [1.807, 2.05) is 39.8 Å². The van der Waals surface area contributed by atoms with Gasteiger partial charge in [0.2, 0.25) is 0 Å². The van der Waals surface area contributed by atoms with Crippen LogP contribution in [0.1, 0.15) is 34.1 Å². The maximum Gasteiger partial charge on any atom is 0.162 e. The van der Waals surface area contributed by atoms with E-state index in [4.69, 9.17) is 25.8 Å². The number of aromatic nitrogens is 2. The molecule has 1 aliphatic rings. The normalized spacial score (nSPS) is 13.2. The van der Waals surface area contributed by atoms with Crippen LogP contribution >= 0.6 is 11.6 Å². The zero-order valence-corrected chi connectivity index (χ0v) is 22.0. The van der Waals surface area contributed by atoms with Crippen LogP contribution in [0.4, 0.5) is 15.9 Å². The summed E-state index contributed by atoms with van der Waals surface area (Å²) in [5.74, 6) is 1.31. The molecule has 1 aromatic heterocycles. The second kappa shape index (κ2) is 15.3. The lowest BCUT2D eigenvalue weighted by atomic mass is 10.2. The monoisotopic (exact) mass is 506 g/mol. The van der Waals surface area contributed by atoms with Crippen molar-refractivity contribution in [2.75, 3.05) is 51.9 Å². The van der Waals surface area contributed by atoms with Crippen molar-refractivity contribution >= 4 is 34.0 Å². The Hall–Kier alpha value is -2.68. The second-order valence-corrected chi connectivity index (χ2v) is 7.56. The summed E-state index contributed by atoms with van der Waals surface area (Å²) in [5, 5.41) is 3.97. The molecule has 1 fully saturated rings. The molecule has 2 heterocycles. The number of methoxy groups -OCH3 is 1. The first kappa shape index (κ1) is 28.6. The van der Waals surface area contributed by atoms with Gasteiger partial charge in [0.05, 0.1) is 37.5 Å². The number of hydrogen-bond acceptors (Lipinski definition) is 7. The van der Waals surface area contributed by atoms with Gasteiger partial charge in [0.15, 0.2) is 11.5 Å². The first-order chi connectivity index (χ1) is 17.1. The predicted molar refractivity (Wildman–Crippen MR) is 141 cm³/mol. The Morgan fingerprint density at radius 2 is 1.80 bits per heavy atom. The fourth-order valence-electron chi connectivity index (χ4n) is 3.44. The molecule has 192 valence electrons. The van der Waals surface area contributed by atoms with Crippen LogP contribution in [0, 0.1) is 5.82 Å². The van der Waals surface area contributed by atoms with E-state index in [1.165, 1.54) is 18.5 Å². The van der Waals surface area contributed by atoms with Crippen LogP contribution in [0.15, 0.2) is 36.7 Å². The van der Waals surface area contributed by atoms with E-state index in [0.29, 0.717) is 35.1 Å². The van der Waals surface area contributed by atoms with E-state index in [9.17, 15) is 4.39 Å². The maximum atomic E-state index is 13.5. The van der Waals surface area contributed by atoms with Crippen molar-refractivity contribution in [3.8, 4) is 11.5 Å². The summed E-state index contributed by atoms with van der Waals surface area (Å²) in [6, 6.07) is 8.09. The van der Waals surface area contributed by atoms with Gasteiger partial charge in [0, 0.05) is 36.8 Å². The molecular formula is C26H36ClFN4O3. The molecule has 35 heavy (non-hydrogen) atoms. The highest BCUT2D eigenvalue weighted by molar-refractivity contribution is 6.31. The number of anilines is 2. The molecule has 2 aromatic carbocycles. The Morgan fingerprint density at radius 3 is 2.49 bits per heavy atom. The molecule has 0 aliphatic carbocycles. The average molecular weight is 507 g/mol. The summed E-state index contributed by atoms with van der Waals surface area (Å²) < 4.78 is 30.4. The molecular weight excluding hydrogens is 471 g/mol. The topological polar surface area (TPSA) is 68.7 Å². The Bertz CT molecular complexity index is 1050. The van der Waals surface area contributed by atoms with Crippen LogP contribution in [0.25, 0.3) is 10.9 Å². The first-order valence-corrected chi connectivity index (χ1v) is 12.5. The second-order valence-electron chi connectivity index (χ2n) is 7.15. The van der Waals surface area contributed by atoms with E-state index in [0.717, 1.165) is 44.7 Å². The zero-order chi connectivity index (χ0) is 25.6. The molecule has 9 heteroatoms. The highest BCUT2D eigenvalue weighted by Gasteiger charge is 2.14. The van der Waals surface area contributed by atoms with Crippen LogP contribution < -0.4 is 14.8 Å². The highest BCUT2D eigenvalue weighted by atomic mass is 35.5. The van der Waals surface area contributed by atoms with E-state index in [2.05, 4.69) is 20.2 Å². The quantitative estimate of drug-likeness (QED) is 0.358. The molecule has 0 radical (unpaired) electrons. The lowest BCUT2D eigenvalue weighted by Gasteiger charge is -2.26. The molecule has 0 atom stereocenters. The zero-order valence-electron chi connectivity index (χ0n) is 21.2. The molecule has 0 amide bonds. The number of fused-ring (bicyclic) bond motifs is 1. The number of rotatable bonds is 8. The summed E-state index contributed by atoms with van der Waals surface area (Å²) in [4.78, 5) is 11.0. The van der Waals surface area contributed by atoms with Crippen molar-refractivity contribution in [2.45, 2.75) is 34.1 Å². The molecule has 4 rings (SSSR count). The lowest BCUT2D eigenvalue weighted by molar-refractivity contribution is 0.0357. The molecule has 1 saturated heterocycles. The van der Waals surface area contributed by atoms with E-state index >= 15 is 0 Å². The highest BCUT2D eigenvalue weighted by Crippen LogP contribution is 2.35. The van der Waals surface area contributed by atoms with Gasteiger partial charge in [-0.3, -0.25) is 4.90 Å². The van der Waals surface area contributed by atoms with Crippen LogP contribution in [0.2, 0.25) is 5.02 Å². The third kappa shape index (κ3) is 8.19. The summed E-state index contributed by atoms with van der Waals surface area (Å²) in [5.41, 5.74) is 1.32. The molecule has 1 aliphatic heterocycles. The Kier molecular flexibility index (Phi) is 12.5. The number of ether oxygens (including phenoxy) is 3.